The molecule has 0 radical (unpaired) electrons. The van der Waals surface area contributed by atoms with E-state index in [1.165, 1.54) is 0 Å². The summed E-state index contributed by atoms with van der Waals surface area (Å²) in [7, 11) is 1.04. The van der Waals surface area contributed by atoms with Crippen LogP contribution >= 0.6 is 0 Å². The first kappa shape index (κ1) is 16.3. The first-order chi connectivity index (χ1) is 10.7. The van der Waals surface area contributed by atoms with Gasteiger partial charge in [0.05, 0.1) is 11.2 Å². The number of nitrogens with zero attached hydrogens (tertiary/aromatic N) is 1. The number of oxazole rings is 1. The van der Waals surface area contributed by atoms with Crippen LogP contribution in [0.25, 0.3) is 11.1 Å². The average molecular weight is 319 g/mol. The Morgan fingerprint density at radius 2 is 1.78 bits per heavy atom. The Morgan fingerprint density at radius 3 is 2.39 bits per heavy atom. The second-order valence-corrected chi connectivity index (χ2v) is 6.73. The highest BCUT2D eigenvalue weighted by Crippen LogP contribution is 2.37. The lowest BCUT2D eigenvalue weighted by Gasteiger charge is -2.32. The smallest absolute Gasteiger partial charge is 0.468 e. The molecule has 1 fully saturated rings. The first-order valence-corrected chi connectivity index (χ1v) is 7.62. The predicted molar refractivity (Wildman–Crippen MR) is 87.0 cm³/mol. The van der Waals surface area contributed by atoms with Gasteiger partial charge in [0.25, 0.3) is 0 Å². The molecular formula is C16H22BNO5. The third kappa shape index (κ3) is 2.84. The van der Waals surface area contributed by atoms with Gasteiger partial charge in [-0.05, 0) is 33.8 Å². The highest BCUT2D eigenvalue weighted by molar-refractivity contribution is 6.63. The summed E-state index contributed by atoms with van der Waals surface area (Å²) in [6.45, 7) is 10.00. The van der Waals surface area contributed by atoms with Crippen LogP contribution in [0, 0.1) is 6.92 Å². The van der Waals surface area contributed by atoms with Gasteiger partial charge in [0.1, 0.15) is 11.3 Å². The van der Waals surface area contributed by atoms with Crippen LogP contribution in [-0.4, -0.2) is 37.2 Å². The van der Waals surface area contributed by atoms with Gasteiger partial charge in [-0.25, -0.2) is 4.98 Å². The van der Waals surface area contributed by atoms with E-state index < -0.39 is 18.3 Å². The van der Waals surface area contributed by atoms with Gasteiger partial charge in [0.15, 0.2) is 18.3 Å². The molecule has 0 N–H and O–H groups in total. The Hall–Kier alpha value is -1.57. The van der Waals surface area contributed by atoms with Crippen molar-refractivity contribution < 1.29 is 23.2 Å². The highest BCUT2D eigenvalue weighted by Gasteiger charge is 2.52. The molecule has 1 aliphatic heterocycles. The van der Waals surface area contributed by atoms with Crippen molar-refractivity contribution in [3.05, 3.63) is 18.0 Å². The van der Waals surface area contributed by atoms with E-state index >= 15 is 0 Å². The molecule has 7 heteroatoms. The van der Waals surface area contributed by atoms with Gasteiger partial charge < -0.3 is 23.2 Å². The molecule has 0 bridgehead atoms. The quantitative estimate of drug-likeness (QED) is 0.637. The summed E-state index contributed by atoms with van der Waals surface area (Å²) in [5.41, 5.74) is 1.32. The number of aromatic nitrogens is 1. The van der Waals surface area contributed by atoms with Crippen molar-refractivity contribution in [2.45, 2.75) is 45.8 Å². The fourth-order valence-corrected chi connectivity index (χ4v) is 2.49. The van der Waals surface area contributed by atoms with Gasteiger partial charge in [-0.2, -0.15) is 0 Å². The van der Waals surface area contributed by atoms with Crippen LogP contribution in [0.5, 0.6) is 5.75 Å². The molecule has 0 saturated carbocycles. The van der Waals surface area contributed by atoms with Gasteiger partial charge in [0, 0.05) is 25.6 Å². The highest BCUT2D eigenvalue weighted by atomic mass is 16.7. The van der Waals surface area contributed by atoms with Crippen molar-refractivity contribution in [3.63, 3.8) is 0 Å². The topological polar surface area (TPSA) is 63.0 Å². The Balaban J connectivity index is 2.04. The number of fused-ring (bicyclic) bond motifs is 1. The Labute approximate surface area is 136 Å². The van der Waals surface area contributed by atoms with E-state index in [2.05, 4.69) is 4.98 Å². The normalized spacial score (nSPS) is 19.5. The van der Waals surface area contributed by atoms with Crippen molar-refractivity contribution in [3.8, 4) is 5.75 Å². The Bertz CT molecular complexity index is 709. The fourth-order valence-electron chi connectivity index (χ4n) is 2.49. The molecule has 23 heavy (non-hydrogen) atoms. The van der Waals surface area contributed by atoms with E-state index in [-0.39, 0.29) is 6.79 Å². The molecule has 1 aliphatic rings. The van der Waals surface area contributed by atoms with E-state index in [0.717, 1.165) is 11.0 Å². The van der Waals surface area contributed by atoms with Crippen LogP contribution in [0.2, 0.25) is 0 Å². The zero-order chi connectivity index (χ0) is 16.8. The Morgan fingerprint density at radius 1 is 1.13 bits per heavy atom. The van der Waals surface area contributed by atoms with Crippen LogP contribution < -0.4 is 10.2 Å². The van der Waals surface area contributed by atoms with E-state index in [4.69, 9.17) is 23.2 Å². The molecular weight excluding hydrogens is 297 g/mol. The van der Waals surface area contributed by atoms with Crippen LogP contribution in [-0.2, 0) is 14.0 Å². The molecule has 6 nitrogen and oxygen atoms in total. The number of hydrogen-bond donors (Lipinski definition) is 0. The zero-order valence-corrected chi connectivity index (χ0v) is 14.4. The average Bonchev–Trinajstić information content (AvgIpc) is 2.90. The molecule has 0 unspecified atom stereocenters. The largest absolute Gasteiger partial charge is 0.498 e. The Kier molecular flexibility index (Phi) is 3.90. The van der Waals surface area contributed by atoms with Gasteiger partial charge in [0.2, 0.25) is 0 Å². The van der Waals surface area contributed by atoms with E-state index in [1.54, 1.807) is 7.11 Å². The molecule has 0 spiro atoms. The third-order valence-electron chi connectivity index (χ3n) is 4.47. The summed E-state index contributed by atoms with van der Waals surface area (Å²) in [5.74, 6) is 1.22. The molecule has 3 rings (SSSR count). The van der Waals surface area contributed by atoms with Gasteiger partial charge >= 0.3 is 7.12 Å². The maximum absolute atomic E-state index is 6.12. The number of aryl methyl sites for hydroxylation is 1. The molecule has 0 atom stereocenters. The van der Waals surface area contributed by atoms with Crippen molar-refractivity contribution in [2.75, 3.05) is 13.9 Å². The summed E-state index contributed by atoms with van der Waals surface area (Å²) >= 11 is 0. The number of benzene rings is 1. The predicted octanol–water partition coefficient (Wildman–Crippen LogP) is 2.42. The zero-order valence-electron chi connectivity index (χ0n) is 14.4. The van der Waals surface area contributed by atoms with Crippen molar-refractivity contribution >= 4 is 23.7 Å². The summed E-state index contributed by atoms with van der Waals surface area (Å²) in [4.78, 5) is 4.34. The van der Waals surface area contributed by atoms with Gasteiger partial charge in [-0.1, -0.05) is 0 Å². The molecule has 0 amide bonds. The molecule has 1 aromatic carbocycles. The van der Waals surface area contributed by atoms with E-state index in [9.17, 15) is 0 Å². The molecule has 2 heterocycles. The minimum absolute atomic E-state index is 0.134. The number of methoxy groups -OCH3 is 1. The van der Waals surface area contributed by atoms with Crippen LogP contribution in [0.3, 0.4) is 0 Å². The summed E-state index contributed by atoms with van der Waals surface area (Å²) in [5, 5.41) is 0. The van der Waals surface area contributed by atoms with Gasteiger partial charge in [-0.15, -0.1) is 0 Å². The SMILES string of the molecule is COCOc1cc2nc(C)oc2cc1B1OC(C)(C)C(C)(C)O1. The maximum atomic E-state index is 6.12. The monoisotopic (exact) mass is 319 g/mol. The first-order valence-electron chi connectivity index (χ1n) is 7.62. The number of hydrogen-bond acceptors (Lipinski definition) is 6. The maximum Gasteiger partial charge on any atom is 0.498 e. The third-order valence-corrected chi connectivity index (χ3v) is 4.47. The van der Waals surface area contributed by atoms with Crippen LogP contribution in [0.15, 0.2) is 16.5 Å². The molecule has 2 aromatic rings. The minimum atomic E-state index is -0.540. The summed E-state index contributed by atoms with van der Waals surface area (Å²) in [6.07, 6.45) is 0. The lowest BCUT2D eigenvalue weighted by atomic mass is 9.78. The van der Waals surface area contributed by atoms with Crippen molar-refractivity contribution in [2.24, 2.45) is 0 Å². The standard InChI is InChI=1S/C16H22BNO5/c1-10-18-12-8-13(20-9-19-6)11(7-14(12)21-10)17-22-15(2,3)16(4,5)23-17/h7-8H,9H2,1-6H3. The van der Waals surface area contributed by atoms with Crippen molar-refractivity contribution in [1.82, 2.24) is 4.98 Å². The molecule has 1 aromatic heterocycles. The number of rotatable bonds is 4. The molecule has 1 saturated heterocycles. The molecule has 124 valence electrons. The fraction of sp³-hybridized carbons (Fsp3) is 0.562. The summed E-state index contributed by atoms with van der Waals surface area (Å²) < 4.78 is 28.6. The van der Waals surface area contributed by atoms with E-state index in [0.29, 0.717) is 17.2 Å². The van der Waals surface area contributed by atoms with E-state index in [1.807, 2.05) is 46.8 Å². The minimum Gasteiger partial charge on any atom is -0.468 e. The van der Waals surface area contributed by atoms with Crippen molar-refractivity contribution in [1.29, 1.82) is 0 Å². The lowest BCUT2D eigenvalue weighted by Crippen LogP contribution is -2.41. The summed E-state index contributed by atoms with van der Waals surface area (Å²) in [6, 6.07) is 3.69. The molecule has 0 aliphatic carbocycles. The second kappa shape index (κ2) is 5.51. The second-order valence-electron chi connectivity index (χ2n) is 6.73. The lowest BCUT2D eigenvalue weighted by molar-refractivity contribution is 0.00578. The van der Waals surface area contributed by atoms with Crippen LogP contribution in [0.1, 0.15) is 33.6 Å². The van der Waals surface area contributed by atoms with Gasteiger partial charge in [-0.3, -0.25) is 0 Å². The number of ether oxygens (including phenoxy) is 2. The van der Waals surface area contributed by atoms with Crippen LogP contribution in [0.4, 0.5) is 0 Å².